The summed E-state index contributed by atoms with van der Waals surface area (Å²) >= 11 is 0. The first kappa shape index (κ1) is 12.9. The third-order valence-electron chi connectivity index (χ3n) is 2.97. The maximum atomic E-state index is 8.92. The number of benzene rings is 1. The van der Waals surface area contributed by atoms with Crippen LogP contribution >= 0.6 is 0 Å². The van der Waals surface area contributed by atoms with Gasteiger partial charge in [-0.1, -0.05) is 23.4 Å². The van der Waals surface area contributed by atoms with E-state index in [1.54, 1.807) is 12.1 Å². The van der Waals surface area contributed by atoms with Crippen molar-refractivity contribution in [2.24, 2.45) is 10.9 Å². The Labute approximate surface area is 120 Å². The zero-order valence-electron chi connectivity index (χ0n) is 11.2. The molecule has 7 nitrogen and oxygen atoms in total. The molecule has 106 valence electrons. The zero-order valence-corrected chi connectivity index (χ0v) is 11.2. The van der Waals surface area contributed by atoms with Crippen molar-refractivity contribution in [3.8, 4) is 11.8 Å². The van der Waals surface area contributed by atoms with Crippen LogP contribution < -0.4 is 10.5 Å². The molecule has 3 rings (SSSR count). The molecule has 7 heteroatoms. The predicted octanol–water partition coefficient (Wildman–Crippen LogP) is 2.15. The molecule has 2 aromatic heterocycles. The van der Waals surface area contributed by atoms with E-state index in [4.69, 9.17) is 15.7 Å². The Morgan fingerprint density at radius 1 is 1.29 bits per heavy atom. The molecule has 0 amide bonds. The van der Waals surface area contributed by atoms with Crippen LogP contribution in [0.1, 0.15) is 11.3 Å². The first-order valence-electron chi connectivity index (χ1n) is 6.25. The third kappa shape index (κ3) is 2.48. The molecule has 0 atom stereocenters. The molecular formula is C14H13N5O2. The molecule has 0 saturated heterocycles. The Balaban J connectivity index is 2.11. The highest BCUT2D eigenvalue weighted by Crippen LogP contribution is 2.25. The molecule has 3 aromatic rings. The third-order valence-corrected chi connectivity index (χ3v) is 2.97. The van der Waals surface area contributed by atoms with E-state index in [0.29, 0.717) is 22.8 Å². The van der Waals surface area contributed by atoms with Crippen molar-refractivity contribution in [3.05, 3.63) is 47.7 Å². The van der Waals surface area contributed by atoms with Gasteiger partial charge in [0, 0.05) is 28.8 Å². The van der Waals surface area contributed by atoms with Gasteiger partial charge < -0.3 is 15.7 Å². The van der Waals surface area contributed by atoms with E-state index in [-0.39, 0.29) is 5.84 Å². The molecular weight excluding hydrogens is 270 g/mol. The lowest BCUT2D eigenvalue weighted by atomic mass is 10.1. The molecule has 4 N–H and O–H groups in total. The van der Waals surface area contributed by atoms with Crippen LogP contribution in [0.15, 0.2) is 41.6 Å². The van der Waals surface area contributed by atoms with Gasteiger partial charge in [-0.2, -0.15) is 0 Å². The van der Waals surface area contributed by atoms with E-state index in [1.807, 2.05) is 31.2 Å². The van der Waals surface area contributed by atoms with Gasteiger partial charge in [0.15, 0.2) is 5.84 Å². The van der Waals surface area contributed by atoms with Crippen molar-refractivity contribution in [1.29, 1.82) is 0 Å². The lowest BCUT2D eigenvalue weighted by Gasteiger charge is -2.08. The number of rotatable bonds is 3. The first-order chi connectivity index (χ1) is 10.2. The summed E-state index contributed by atoms with van der Waals surface area (Å²) in [7, 11) is 0. The fourth-order valence-electron chi connectivity index (χ4n) is 2.02. The van der Waals surface area contributed by atoms with Crippen LogP contribution in [0.3, 0.4) is 0 Å². The van der Waals surface area contributed by atoms with Gasteiger partial charge in [0.25, 0.3) is 0 Å². The van der Waals surface area contributed by atoms with Gasteiger partial charge in [-0.3, -0.25) is 5.10 Å². The van der Waals surface area contributed by atoms with E-state index < -0.39 is 0 Å². The summed E-state index contributed by atoms with van der Waals surface area (Å²) in [6, 6.07) is 10.7. The number of nitrogens with two attached hydrogens (primary N) is 1. The molecule has 0 saturated carbocycles. The number of hydrogen-bond donors (Lipinski definition) is 3. The topological polar surface area (TPSA) is 109 Å². The minimum atomic E-state index is -0.00309. The summed E-state index contributed by atoms with van der Waals surface area (Å²) < 4.78 is 5.60. The van der Waals surface area contributed by atoms with E-state index in [0.717, 1.165) is 11.1 Å². The molecule has 0 spiro atoms. The van der Waals surface area contributed by atoms with Crippen molar-refractivity contribution in [2.45, 2.75) is 6.92 Å². The number of aromatic nitrogens is 3. The average molecular weight is 283 g/mol. The Bertz CT molecular complexity index is 825. The number of H-pyrrole nitrogens is 1. The highest BCUT2D eigenvalue weighted by Gasteiger charge is 2.11. The second-order valence-corrected chi connectivity index (χ2v) is 4.50. The van der Waals surface area contributed by atoms with E-state index in [1.165, 1.54) is 0 Å². The molecule has 0 aliphatic heterocycles. The smallest absolute Gasteiger partial charge is 0.240 e. The Hall–Kier alpha value is -3.09. The van der Waals surface area contributed by atoms with E-state index >= 15 is 0 Å². The normalized spacial score (nSPS) is 11.8. The number of ether oxygens (including phenoxy) is 1. The van der Waals surface area contributed by atoms with E-state index in [2.05, 4.69) is 20.3 Å². The van der Waals surface area contributed by atoms with Crippen LogP contribution in [0.25, 0.3) is 10.9 Å². The van der Waals surface area contributed by atoms with Crippen LogP contribution in [0.5, 0.6) is 11.8 Å². The lowest BCUT2D eigenvalue weighted by Crippen LogP contribution is -2.14. The Morgan fingerprint density at radius 2 is 2.10 bits per heavy atom. The second kappa shape index (κ2) is 5.12. The number of pyridine rings is 1. The Kier molecular flexibility index (Phi) is 3.15. The van der Waals surface area contributed by atoms with Gasteiger partial charge in [0.1, 0.15) is 0 Å². The van der Waals surface area contributed by atoms with Crippen molar-refractivity contribution < 1.29 is 9.94 Å². The maximum absolute atomic E-state index is 8.92. The number of aromatic amines is 1. The van der Waals surface area contributed by atoms with Gasteiger partial charge >= 0.3 is 0 Å². The minimum Gasteiger partial charge on any atom is -0.419 e. The number of aryl methyl sites for hydroxylation is 1. The first-order valence-corrected chi connectivity index (χ1v) is 6.25. The van der Waals surface area contributed by atoms with Crippen molar-refractivity contribution >= 4 is 16.7 Å². The van der Waals surface area contributed by atoms with Gasteiger partial charge in [0.05, 0.1) is 5.52 Å². The molecule has 0 fully saturated rings. The maximum Gasteiger partial charge on any atom is 0.240 e. The number of amidine groups is 1. The predicted molar refractivity (Wildman–Crippen MR) is 77.7 cm³/mol. The SMILES string of the molecule is Cc1cc(Oc2cc(/C(N)=N/O)c3ccccc3n2)n[nH]1. The number of hydrogen-bond acceptors (Lipinski definition) is 5. The quantitative estimate of drug-likeness (QED) is 0.295. The monoisotopic (exact) mass is 283 g/mol. The van der Waals surface area contributed by atoms with Crippen LogP contribution in [0.4, 0.5) is 0 Å². The summed E-state index contributed by atoms with van der Waals surface area (Å²) in [5.74, 6) is 0.721. The van der Waals surface area contributed by atoms with Gasteiger partial charge in [-0.15, -0.1) is 5.10 Å². The Morgan fingerprint density at radius 3 is 2.81 bits per heavy atom. The van der Waals surface area contributed by atoms with Gasteiger partial charge in [-0.25, -0.2) is 4.98 Å². The van der Waals surface area contributed by atoms with E-state index in [9.17, 15) is 0 Å². The zero-order chi connectivity index (χ0) is 14.8. The van der Waals surface area contributed by atoms with Crippen LogP contribution in [-0.2, 0) is 0 Å². The number of nitrogens with zero attached hydrogens (tertiary/aromatic N) is 3. The molecule has 2 heterocycles. The fourth-order valence-corrected chi connectivity index (χ4v) is 2.02. The van der Waals surface area contributed by atoms with Crippen molar-refractivity contribution in [2.75, 3.05) is 0 Å². The van der Waals surface area contributed by atoms with Crippen LogP contribution in [0.2, 0.25) is 0 Å². The van der Waals surface area contributed by atoms with Gasteiger partial charge in [-0.05, 0) is 13.0 Å². The highest BCUT2D eigenvalue weighted by atomic mass is 16.5. The van der Waals surface area contributed by atoms with Gasteiger partial charge in [0.2, 0.25) is 11.8 Å². The number of nitrogens with one attached hydrogen (secondary N) is 1. The molecule has 0 radical (unpaired) electrons. The highest BCUT2D eigenvalue weighted by molar-refractivity contribution is 6.08. The molecule has 21 heavy (non-hydrogen) atoms. The summed E-state index contributed by atoms with van der Waals surface area (Å²) in [6.45, 7) is 1.87. The van der Waals surface area contributed by atoms with Crippen molar-refractivity contribution in [1.82, 2.24) is 15.2 Å². The average Bonchev–Trinajstić information content (AvgIpc) is 2.90. The molecule has 0 aliphatic rings. The fraction of sp³-hybridized carbons (Fsp3) is 0.0714. The summed E-state index contributed by atoms with van der Waals surface area (Å²) in [4.78, 5) is 4.39. The lowest BCUT2D eigenvalue weighted by molar-refractivity contribution is 0.318. The summed E-state index contributed by atoms with van der Waals surface area (Å²) in [6.07, 6.45) is 0. The number of fused-ring (bicyclic) bond motifs is 1. The summed E-state index contributed by atoms with van der Waals surface area (Å²) in [5, 5.41) is 19.5. The summed E-state index contributed by atoms with van der Waals surface area (Å²) in [5.41, 5.74) is 7.83. The molecule has 0 bridgehead atoms. The largest absolute Gasteiger partial charge is 0.419 e. The molecule has 0 unspecified atom stereocenters. The molecule has 0 aliphatic carbocycles. The minimum absolute atomic E-state index is 0.00309. The van der Waals surface area contributed by atoms with Crippen LogP contribution in [0, 0.1) is 6.92 Å². The second-order valence-electron chi connectivity index (χ2n) is 4.50. The van der Waals surface area contributed by atoms with Crippen molar-refractivity contribution in [3.63, 3.8) is 0 Å². The number of oxime groups is 1. The number of para-hydroxylation sites is 1. The van der Waals surface area contributed by atoms with Crippen LogP contribution in [-0.4, -0.2) is 26.2 Å². The standard InChI is InChI=1S/C14H13N5O2/c1-8-6-13(18-17-8)21-12-7-10(14(15)19-20)9-4-2-3-5-11(9)16-12/h2-7,20H,1H3,(H2,15,19)(H,17,18). The molecule has 1 aromatic carbocycles.